The van der Waals surface area contributed by atoms with Gasteiger partial charge in [-0.25, -0.2) is 0 Å². The molecule has 0 aliphatic rings. The molecule has 1 aromatic rings. The van der Waals surface area contributed by atoms with Crippen LogP contribution in [0.5, 0.6) is 0 Å². The fourth-order valence-electron chi connectivity index (χ4n) is 1.72. The van der Waals surface area contributed by atoms with E-state index < -0.39 is 12.6 Å². The molecule has 0 amide bonds. The van der Waals surface area contributed by atoms with Gasteiger partial charge in [0.25, 0.3) is 0 Å². The van der Waals surface area contributed by atoms with E-state index in [1.165, 1.54) is 0 Å². The predicted molar refractivity (Wildman–Crippen MR) is 72.8 cm³/mol. The average molecular weight is 295 g/mol. The molecular weight excluding hydrogens is 277 g/mol. The molecule has 0 spiro atoms. The zero-order chi connectivity index (χ0) is 14.5. The molecule has 0 aromatic heterocycles. The second-order valence-corrected chi connectivity index (χ2v) is 4.78. The third kappa shape index (κ3) is 5.70. The first-order valence-electron chi connectivity index (χ1n) is 6.10. The number of hydrogen-bond donors (Lipinski definition) is 1. The smallest absolute Gasteiger partial charge is 0.374 e. The van der Waals surface area contributed by atoms with Gasteiger partial charge >= 0.3 is 6.18 Å². The SMILES string of the molecule is CCNCc1ccc(Cl)cc1N(C)CCC(F)(F)F. The molecule has 0 atom stereocenters. The largest absolute Gasteiger partial charge is 0.390 e. The van der Waals surface area contributed by atoms with Crippen LogP contribution in [0.2, 0.25) is 5.02 Å². The molecule has 0 aliphatic heterocycles. The van der Waals surface area contributed by atoms with Crippen LogP contribution < -0.4 is 10.2 Å². The van der Waals surface area contributed by atoms with Gasteiger partial charge in [0.05, 0.1) is 6.42 Å². The number of nitrogens with zero attached hydrogens (tertiary/aromatic N) is 1. The summed E-state index contributed by atoms with van der Waals surface area (Å²) in [7, 11) is 1.65. The van der Waals surface area contributed by atoms with Gasteiger partial charge in [-0.3, -0.25) is 0 Å². The van der Waals surface area contributed by atoms with E-state index >= 15 is 0 Å². The Hall–Kier alpha value is -0.940. The lowest BCUT2D eigenvalue weighted by atomic mass is 10.1. The lowest BCUT2D eigenvalue weighted by molar-refractivity contribution is -0.132. The molecule has 108 valence electrons. The Morgan fingerprint density at radius 3 is 2.58 bits per heavy atom. The molecule has 0 bridgehead atoms. The zero-order valence-electron chi connectivity index (χ0n) is 11.0. The molecule has 0 aliphatic carbocycles. The highest BCUT2D eigenvalue weighted by Gasteiger charge is 2.27. The lowest BCUT2D eigenvalue weighted by Gasteiger charge is -2.23. The number of hydrogen-bond acceptors (Lipinski definition) is 2. The molecule has 6 heteroatoms. The Morgan fingerprint density at radius 1 is 1.32 bits per heavy atom. The number of rotatable bonds is 6. The van der Waals surface area contributed by atoms with Crippen molar-refractivity contribution in [3.63, 3.8) is 0 Å². The molecule has 0 unspecified atom stereocenters. The topological polar surface area (TPSA) is 15.3 Å². The van der Waals surface area contributed by atoms with E-state index in [-0.39, 0.29) is 6.54 Å². The summed E-state index contributed by atoms with van der Waals surface area (Å²) in [5, 5.41) is 3.68. The van der Waals surface area contributed by atoms with E-state index in [0.29, 0.717) is 11.6 Å². The van der Waals surface area contributed by atoms with Crippen molar-refractivity contribution in [1.82, 2.24) is 5.32 Å². The van der Waals surface area contributed by atoms with Gasteiger partial charge in [-0.15, -0.1) is 0 Å². The van der Waals surface area contributed by atoms with E-state index in [1.54, 1.807) is 24.1 Å². The van der Waals surface area contributed by atoms with Crippen LogP contribution in [0.4, 0.5) is 18.9 Å². The maximum Gasteiger partial charge on any atom is 0.390 e. The fraction of sp³-hybridized carbons (Fsp3) is 0.538. The number of benzene rings is 1. The van der Waals surface area contributed by atoms with Crippen LogP contribution in [-0.4, -0.2) is 26.3 Å². The van der Waals surface area contributed by atoms with Crippen LogP contribution in [0.25, 0.3) is 0 Å². The molecule has 0 saturated heterocycles. The predicted octanol–water partition coefficient (Wildman–Crippen LogP) is 3.84. The average Bonchev–Trinajstić information content (AvgIpc) is 2.33. The number of alkyl halides is 3. The highest BCUT2D eigenvalue weighted by Crippen LogP contribution is 2.26. The molecule has 1 N–H and O–H groups in total. The molecule has 0 heterocycles. The van der Waals surface area contributed by atoms with Gasteiger partial charge in [0.15, 0.2) is 0 Å². The van der Waals surface area contributed by atoms with Crippen molar-refractivity contribution in [3.05, 3.63) is 28.8 Å². The van der Waals surface area contributed by atoms with Crippen molar-refractivity contribution >= 4 is 17.3 Å². The monoisotopic (exact) mass is 294 g/mol. The van der Waals surface area contributed by atoms with Gasteiger partial charge < -0.3 is 10.2 Å². The van der Waals surface area contributed by atoms with Gasteiger partial charge in [-0.1, -0.05) is 24.6 Å². The van der Waals surface area contributed by atoms with Crippen molar-refractivity contribution in [2.75, 3.05) is 25.0 Å². The Labute approximate surface area is 116 Å². The minimum Gasteiger partial charge on any atom is -0.374 e. The highest BCUT2D eigenvalue weighted by molar-refractivity contribution is 6.30. The summed E-state index contributed by atoms with van der Waals surface area (Å²) in [5.41, 5.74) is 1.67. The summed E-state index contributed by atoms with van der Waals surface area (Å²) in [6.07, 6.45) is -4.98. The van der Waals surface area contributed by atoms with E-state index in [4.69, 9.17) is 11.6 Å². The van der Waals surface area contributed by atoms with Crippen molar-refractivity contribution in [2.45, 2.75) is 26.1 Å². The Kier molecular flexibility index (Phi) is 5.94. The van der Waals surface area contributed by atoms with Gasteiger partial charge in [0.2, 0.25) is 0 Å². The maximum absolute atomic E-state index is 12.2. The Balaban J connectivity index is 2.81. The molecule has 0 radical (unpaired) electrons. The highest BCUT2D eigenvalue weighted by atomic mass is 35.5. The summed E-state index contributed by atoms with van der Waals surface area (Å²) in [5.74, 6) is 0. The van der Waals surface area contributed by atoms with Crippen molar-refractivity contribution < 1.29 is 13.2 Å². The number of nitrogens with one attached hydrogen (secondary N) is 1. The third-order valence-corrected chi connectivity index (χ3v) is 2.99. The minimum atomic E-state index is -4.14. The molecule has 0 saturated carbocycles. The van der Waals surface area contributed by atoms with Crippen LogP contribution in [0.1, 0.15) is 18.9 Å². The lowest BCUT2D eigenvalue weighted by Crippen LogP contribution is -2.26. The van der Waals surface area contributed by atoms with Gasteiger partial charge in [-0.2, -0.15) is 13.2 Å². The standard InChI is InChI=1S/C13H18ClF3N2/c1-3-18-9-10-4-5-11(14)8-12(10)19(2)7-6-13(15,16)17/h4-5,8,18H,3,6-7,9H2,1-2H3. The first-order chi connectivity index (χ1) is 8.83. The fourth-order valence-corrected chi connectivity index (χ4v) is 1.88. The van der Waals surface area contributed by atoms with Gasteiger partial charge in [0.1, 0.15) is 0 Å². The summed E-state index contributed by atoms with van der Waals surface area (Å²) in [4.78, 5) is 1.59. The molecule has 19 heavy (non-hydrogen) atoms. The first kappa shape index (κ1) is 16.1. The maximum atomic E-state index is 12.2. The molecule has 1 rings (SSSR count). The summed E-state index contributed by atoms with van der Waals surface area (Å²) in [6, 6.07) is 5.28. The molecular formula is C13H18ClF3N2. The van der Waals surface area contributed by atoms with Crippen LogP contribution >= 0.6 is 11.6 Å². The summed E-state index contributed by atoms with van der Waals surface area (Å²) in [6.45, 7) is 3.31. The van der Waals surface area contributed by atoms with Crippen LogP contribution in [-0.2, 0) is 6.54 Å². The molecule has 2 nitrogen and oxygen atoms in total. The molecule has 0 fully saturated rings. The van der Waals surface area contributed by atoms with E-state index in [1.807, 2.05) is 13.0 Å². The quantitative estimate of drug-likeness (QED) is 0.857. The Morgan fingerprint density at radius 2 is 2.00 bits per heavy atom. The summed E-state index contributed by atoms with van der Waals surface area (Å²) < 4.78 is 36.7. The Bertz CT molecular complexity index is 407. The second kappa shape index (κ2) is 7.01. The van der Waals surface area contributed by atoms with E-state index in [2.05, 4.69) is 5.32 Å². The van der Waals surface area contributed by atoms with Crippen molar-refractivity contribution in [1.29, 1.82) is 0 Å². The van der Waals surface area contributed by atoms with Gasteiger partial charge in [-0.05, 0) is 24.2 Å². The van der Waals surface area contributed by atoms with E-state index in [9.17, 15) is 13.2 Å². The van der Waals surface area contributed by atoms with Crippen LogP contribution in [0.3, 0.4) is 0 Å². The third-order valence-electron chi connectivity index (χ3n) is 2.75. The van der Waals surface area contributed by atoms with E-state index in [0.717, 1.165) is 17.8 Å². The second-order valence-electron chi connectivity index (χ2n) is 4.34. The minimum absolute atomic E-state index is 0.0804. The molecule has 1 aromatic carbocycles. The van der Waals surface area contributed by atoms with Crippen LogP contribution in [0, 0.1) is 0 Å². The van der Waals surface area contributed by atoms with Gasteiger partial charge in [0, 0.05) is 30.8 Å². The first-order valence-corrected chi connectivity index (χ1v) is 6.48. The summed E-state index contributed by atoms with van der Waals surface area (Å²) >= 11 is 5.92. The van der Waals surface area contributed by atoms with Crippen molar-refractivity contribution in [3.8, 4) is 0 Å². The number of halogens is 4. The number of anilines is 1. The van der Waals surface area contributed by atoms with Crippen molar-refractivity contribution in [2.24, 2.45) is 0 Å². The zero-order valence-corrected chi connectivity index (χ0v) is 11.8. The normalized spacial score (nSPS) is 11.7. The van der Waals surface area contributed by atoms with Crippen LogP contribution in [0.15, 0.2) is 18.2 Å².